The van der Waals surface area contributed by atoms with Gasteiger partial charge in [-0.1, -0.05) is 34.1 Å². The molecule has 0 atom stereocenters. The summed E-state index contributed by atoms with van der Waals surface area (Å²) in [4.78, 5) is 4.19. The van der Waals surface area contributed by atoms with E-state index in [2.05, 4.69) is 42.9 Å². The molecule has 0 spiro atoms. The number of aromatic nitrogens is 2. The molecule has 2 rings (SSSR count). The standard InChI is InChI=1S/C10H8Br2N2/c1-14-9(6-13-10(14)12)7-4-2-3-5-8(7)11/h2-6H,1H3. The zero-order valence-corrected chi connectivity index (χ0v) is 10.7. The van der Waals surface area contributed by atoms with Gasteiger partial charge in [-0.3, -0.25) is 0 Å². The average Bonchev–Trinajstić information content (AvgIpc) is 2.49. The predicted molar refractivity (Wildman–Crippen MR) is 64.0 cm³/mol. The largest absolute Gasteiger partial charge is 0.322 e. The highest BCUT2D eigenvalue weighted by atomic mass is 79.9. The number of halogens is 2. The van der Waals surface area contributed by atoms with Crippen LogP contribution in [0.15, 0.2) is 39.7 Å². The Morgan fingerprint density at radius 1 is 1.21 bits per heavy atom. The van der Waals surface area contributed by atoms with E-state index in [1.54, 1.807) is 0 Å². The minimum atomic E-state index is 0.836. The smallest absolute Gasteiger partial charge is 0.177 e. The summed E-state index contributed by atoms with van der Waals surface area (Å²) in [6.07, 6.45) is 1.85. The fourth-order valence-electron chi connectivity index (χ4n) is 1.31. The van der Waals surface area contributed by atoms with Gasteiger partial charge in [-0.15, -0.1) is 0 Å². The Hall–Kier alpha value is -0.610. The quantitative estimate of drug-likeness (QED) is 0.786. The summed E-state index contributed by atoms with van der Waals surface area (Å²) in [7, 11) is 1.98. The normalized spacial score (nSPS) is 10.5. The third kappa shape index (κ3) is 1.64. The van der Waals surface area contributed by atoms with Crippen LogP contribution in [0.5, 0.6) is 0 Å². The van der Waals surface area contributed by atoms with E-state index in [-0.39, 0.29) is 0 Å². The van der Waals surface area contributed by atoms with E-state index in [1.807, 2.05) is 36.0 Å². The number of imidazole rings is 1. The van der Waals surface area contributed by atoms with Gasteiger partial charge in [-0.2, -0.15) is 0 Å². The first-order chi connectivity index (χ1) is 6.70. The van der Waals surface area contributed by atoms with Crippen molar-refractivity contribution in [2.45, 2.75) is 0 Å². The molecule has 0 aliphatic heterocycles. The fraction of sp³-hybridized carbons (Fsp3) is 0.100. The zero-order chi connectivity index (χ0) is 10.1. The summed E-state index contributed by atoms with van der Waals surface area (Å²) in [6, 6.07) is 8.10. The van der Waals surface area contributed by atoms with Gasteiger partial charge in [0.25, 0.3) is 0 Å². The van der Waals surface area contributed by atoms with Gasteiger partial charge in [-0.05, 0) is 22.0 Å². The fourth-order valence-corrected chi connectivity index (χ4v) is 2.09. The van der Waals surface area contributed by atoms with Crippen LogP contribution < -0.4 is 0 Å². The lowest BCUT2D eigenvalue weighted by Crippen LogP contribution is -1.91. The molecule has 0 amide bonds. The van der Waals surface area contributed by atoms with Crippen LogP contribution in [0.2, 0.25) is 0 Å². The highest BCUT2D eigenvalue weighted by molar-refractivity contribution is 9.10. The monoisotopic (exact) mass is 314 g/mol. The van der Waals surface area contributed by atoms with E-state index >= 15 is 0 Å². The number of benzene rings is 1. The first-order valence-electron chi connectivity index (χ1n) is 4.12. The number of rotatable bonds is 1. The van der Waals surface area contributed by atoms with E-state index in [1.165, 1.54) is 0 Å². The molecule has 1 heterocycles. The van der Waals surface area contributed by atoms with Crippen molar-refractivity contribution < 1.29 is 0 Å². The van der Waals surface area contributed by atoms with Crippen molar-refractivity contribution >= 4 is 31.9 Å². The van der Waals surface area contributed by atoms with Crippen molar-refractivity contribution in [3.05, 3.63) is 39.7 Å². The number of nitrogens with zero attached hydrogens (tertiary/aromatic N) is 2. The molecule has 2 aromatic rings. The maximum atomic E-state index is 4.19. The van der Waals surface area contributed by atoms with E-state index in [4.69, 9.17) is 0 Å². The van der Waals surface area contributed by atoms with Crippen molar-refractivity contribution in [1.82, 2.24) is 9.55 Å². The number of hydrogen-bond acceptors (Lipinski definition) is 1. The molecule has 14 heavy (non-hydrogen) atoms. The van der Waals surface area contributed by atoms with Crippen LogP contribution in [0.4, 0.5) is 0 Å². The Morgan fingerprint density at radius 3 is 2.50 bits per heavy atom. The van der Waals surface area contributed by atoms with E-state index in [0.29, 0.717) is 0 Å². The molecule has 1 aromatic carbocycles. The van der Waals surface area contributed by atoms with Crippen LogP contribution in [0.3, 0.4) is 0 Å². The molecule has 0 bridgehead atoms. The molecular weight excluding hydrogens is 308 g/mol. The number of hydrogen-bond donors (Lipinski definition) is 0. The van der Waals surface area contributed by atoms with Gasteiger partial charge >= 0.3 is 0 Å². The summed E-state index contributed by atoms with van der Waals surface area (Å²) in [5.74, 6) is 0. The van der Waals surface area contributed by atoms with E-state index in [0.717, 1.165) is 20.5 Å². The summed E-state index contributed by atoms with van der Waals surface area (Å²) < 4.78 is 3.92. The van der Waals surface area contributed by atoms with Crippen molar-refractivity contribution in [3.63, 3.8) is 0 Å². The molecule has 0 saturated carbocycles. The molecule has 0 unspecified atom stereocenters. The van der Waals surface area contributed by atoms with Gasteiger partial charge in [0.15, 0.2) is 4.73 Å². The second-order valence-electron chi connectivity index (χ2n) is 2.95. The van der Waals surface area contributed by atoms with Crippen molar-refractivity contribution in [2.75, 3.05) is 0 Å². The summed E-state index contributed by atoms with van der Waals surface area (Å²) in [6.45, 7) is 0. The third-order valence-electron chi connectivity index (χ3n) is 2.08. The lowest BCUT2D eigenvalue weighted by molar-refractivity contribution is 0.888. The minimum absolute atomic E-state index is 0.836. The Balaban J connectivity index is 2.60. The molecule has 72 valence electrons. The maximum absolute atomic E-state index is 4.19. The highest BCUT2D eigenvalue weighted by Crippen LogP contribution is 2.28. The van der Waals surface area contributed by atoms with Gasteiger partial charge in [0.1, 0.15) is 0 Å². The summed E-state index contributed by atoms with van der Waals surface area (Å²) in [5.41, 5.74) is 2.23. The summed E-state index contributed by atoms with van der Waals surface area (Å²) >= 11 is 6.89. The van der Waals surface area contributed by atoms with Crippen LogP contribution in [0.25, 0.3) is 11.3 Å². The molecule has 0 fully saturated rings. The van der Waals surface area contributed by atoms with Crippen molar-refractivity contribution in [1.29, 1.82) is 0 Å². The van der Waals surface area contributed by atoms with Gasteiger partial charge < -0.3 is 4.57 Å². The first kappa shape index (κ1) is 9.93. The second kappa shape index (κ2) is 3.87. The summed E-state index contributed by atoms with van der Waals surface area (Å²) in [5, 5.41) is 0. The topological polar surface area (TPSA) is 17.8 Å². The third-order valence-corrected chi connectivity index (χ3v) is 3.51. The SMILES string of the molecule is Cn1c(-c2ccccc2Br)cnc1Br. The van der Waals surface area contributed by atoms with E-state index < -0.39 is 0 Å². The average molecular weight is 316 g/mol. The predicted octanol–water partition coefficient (Wildman–Crippen LogP) is 3.61. The maximum Gasteiger partial charge on any atom is 0.177 e. The molecule has 1 aromatic heterocycles. The van der Waals surface area contributed by atoms with Gasteiger partial charge in [-0.25, -0.2) is 4.98 Å². The van der Waals surface area contributed by atoms with Gasteiger partial charge in [0.05, 0.1) is 11.9 Å². The molecule has 0 N–H and O–H groups in total. The lowest BCUT2D eigenvalue weighted by Gasteiger charge is -2.04. The Morgan fingerprint density at radius 2 is 1.93 bits per heavy atom. The molecule has 0 aliphatic carbocycles. The van der Waals surface area contributed by atoms with Crippen LogP contribution >= 0.6 is 31.9 Å². The Kier molecular flexibility index (Phi) is 2.74. The highest BCUT2D eigenvalue weighted by Gasteiger charge is 2.08. The molecule has 0 saturated heterocycles. The molecule has 0 radical (unpaired) electrons. The van der Waals surface area contributed by atoms with Crippen LogP contribution in [-0.4, -0.2) is 9.55 Å². The van der Waals surface area contributed by atoms with Gasteiger partial charge in [0.2, 0.25) is 0 Å². The Labute approximate surface area is 99.2 Å². The van der Waals surface area contributed by atoms with Crippen LogP contribution in [-0.2, 0) is 7.05 Å². The van der Waals surface area contributed by atoms with Crippen LogP contribution in [0.1, 0.15) is 0 Å². The Bertz CT molecular complexity index is 463. The molecular formula is C10H8Br2N2. The van der Waals surface area contributed by atoms with Crippen molar-refractivity contribution in [3.8, 4) is 11.3 Å². The minimum Gasteiger partial charge on any atom is -0.322 e. The lowest BCUT2D eigenvalue weighted by atomic mass is 10.2. The van der Waals surface area contributed by atoms with Crippen molar-refractivity contribution in [2.24, 2.45) is 7.05 Å². The molecule has 4 heteroatoms. The zero-order valence-electron chi connectivity index (χ0n) is 7.54. The van der Waals surface area contributed by atoms with Crippen LogP contribution in [0, 0.1) is 0 Å². The second-order valence-corrected chi connectivity index (χ2v) is 4.51. The molecule has 0 aliphatic rings. The first-order valence-corrected chi connectivity index (χ1v) is 5.71. The van der Waals surface area contributed by atoms with Gasteiger partial charge in [0, 0.05) is 17.1 Å². The molecule has 2 nitrogen and oxygen atoms in total. The van der Waals surface area contributed by atoms with E-state index in [9.17, 15) is 0 Å².